The van der Waals surface area contributed by atoms with Gasteiger partial charge in [0.05, 0.1) is 11.9 Å². The van der Waals surface area contributed by atoms with Crippen LogP contribution in [0.25, 0.3) is 0 Å². The van der Waals surface area contributed by atoms with Gasteiger partial charge in [0.25, 0.3) is 0 Å². The van der Waals surface area contributed by atoms with Crippen molar-refractivity contribution in [3.63, 3.8) is 0 Å². The van der Waals surface area contributed by atoms with Crippen LogP contribution in [-0.4, -0.2) is 33.2 Å². The number of carbonyl (C=O) groups is 1. The van der Waals surface area contributed by atoms with Crippen LogP contribution in [0.4, 0.5) is 5.69 Å². The van der Waals surface area contributed by atoms with Crippen LogP contribution in [0.1, 0.15) is 44.1 Å². The third kappa shape index (κ3) is 5.23. The topological polar surface area (TPSA) is 66.5 Å². The van der Waals surface area contributed by atoms with E-state index in [0.717, 1.165) is 37.5 Å². The van der Waals surface area contributed by atoms with Gasteiger partial charge in [-0.2, -0.15) is 0 Å². The minimum atomic E-state index is -3.51. The van der Waals surface area contributed by atoms with Crippen molar-refractivity contribution in [2.45, 2.75) is 51.5 Å². The molecule has 23 heavy (non-hydrogen) atoms. The summed E-state index contributed by atoms with van der Waals surface area (Å²) in [5.41, 5.74) is 1.39. The monoisotopic (exact) mass is 338 g/mol. The third-order valence-corrected chi connectivity index (χ3v) is 5.42. The Morgan fingerprint density at radius 3 is 2.35 bits per heavy atom. The fourth-order valence-electron chi connectivity index (χ4n) is 3.05. The Kier molecular flexibility index (Phi) is 6.04. The van der Waals surface area contributed by atoms with E-state index in [1.165, 1.54) is 17.1 Å². The average molecular weight is 338 g/mol. The summed E-state index contributed by atoms with van der Waals surface area (Å²) >= 11 is 0. The number of rotatable bonds is 5. The SMILES string of the molecule is Cc1ccccc1N(CC(=O)NC1CCCCCC1)S(C)(=O)=O. The fraction of sp³-hybridized carbons (Fsp3) is 0.588. The van der Waals surface area contributed by atoms with Crippen LogP contribution >= 0.6 is 0 Å². The van der Waals surface area contributed by atoms with Crippen LogP contribution in [0.5, 0.6) is 0 Å². The molecule has 1 aromatic carbocycles. The number of nitrogens with zero attached hydrogens (tertiary/aromatic N) is 1. The molecule has 0 unspecified atom stereocenters. The minimum Gasteiger partial charge on any atom is -0.352 e. The van der Waals surface area contributed by atoms with Gasteiger partial charge in [-0.3, -0.25) is 9.10 Å². The van der Waals surface area contributed by atoms with E-state index in [1.807, 2.05) is 19.1 Å². The van der Waals surface area contributed by atoms with Gasteiger partial charge in [0.15, 0.2) is 0 Å². The predicted molar refractivity (Wildman–Crippen MR) is 93.0 cm³/mol. The number of sulfonamides is 1. The lowest BCUT2D eigenvalue weighted by Gasteiger charge is -2.25. The predicted octanol–water partition coefficient (Wildman–Crippen LogP) is 2.60. The molecule has 128 valence electrons. The van der Waals surface area contributed by atoms with Gasteiger partial charge in [-0.05, 0) is 31.4 Å². The Balaban J connectivity index is 2.09. The smallest absolute Gasteiger partial charge is 0.240 e. The number of benzene rings is 1. The molecule has 1 aromatic rings. The largest absolute Gasteiger partial charge is 0.352 e. The van der Waals surface area contributed by atoms with Crippen molar-refractivity contribution in [2.75, 3.05) is 17.1 Å². The van der Waals surface area contributed by atoms with Crippen molar-refractivity contribution in [1.82, 2.24) is 5.32 Å². The molecule has 6 heteroatoms. The molecule has 0 saturated heterocycles. The standard InChI is InChI=1S/C17H26N2O3S/c1-14-9-7-8-12-16(14)19(23(2,21)22)13-17(20)18-15-10-5-3-4-6-11-15/h7-9,12,15H,3-6,10-11,13H2,1-2H3,(H,18,20). The molecule has 1 aliphatic rings. The Morgan fingerprint density at radius 2 is 1.78 bits per heavy atom. The molecule has 0 heterocycles. The van der Waals surface area contributed by atoms with E-state index in [4.69, 9.17) is 0 Å². The number of amides is 1. The van der Waals surface area contributed by atoms with Crippen molar-refractivity contribution < 1.29 is 13.2 Å². The lowest BCUT2D eigenvalue weighted by atomic mass is 10.1. The number of nitrogens with one attached hydrogen (secondary N) is 1. The van der Waals surface area contributed by atoms with Crippen LogP contribution in [-0.2, 0) is 14.8 Å². The van der Waals surface area contributed by atoms with Gasteiger partial charge >= 0.3 is 0 Å². The van der Waals surface area contributed by atoms with Crippen molar-refractivity contribution in [2.24, 2.45) is 0 Å². The van der Waals surface area contributed by atoms with Crippen molar-refractivity contribution >= 4 is 21.6 Å². The highest BCUT2D eigenvalue weighted by Gasteiger charge is 2.23. The Bertz CT molecular complexity index is 635. The molecular formula is C17H26N2O3S. The molecule has 0 radical (unpaired) electrons. The summed E-state index contributed by atoms with van der Waals surface area (Å²) in [6, 6.07) is 7.38. The normalized spacial score (nSPS) is 16.6. The Labute approximate surface area is 139 Å². The summed E-state index contributed by atoms with van der Waals surface area (Å²) in [4.78, 5) is 12.3. The second kappa shape index (κ2) is 7.81. The molecule has 0 spiro atoms. The van der Waals surface area contributed by atoms with E-state index < -0.39 is 10.0 Å². The molecule has 1 N–H and O–H groups in total. The summed E-state index contributed by atoms with van der Waals surface area (Å²) in [6.07, 6.45) is 7.77. The van der Waals surface area contributed by atoms with Crippen molar-refractivity contribution in [3.8, 4) is 0 Å². The number of anilines is 1. The second-order valence-corrected chi connectivity index (χ2v) is 8.22. The van der Waals surface area contributed by atoms with Crippen LogP contribution in [0.15, 0.2) is 24.3 Å². The first-order valence-corrected chi connectivity index (χ1v) is 10.1. The second-order valence-electron chi connectivity index (χ2n) is 6.31. The highest BCUT2D eigenvalue weighted by molar-refractivity contribution is 7.92. The molecule has 0 aliphatic heterocycles. The van der Waals surface area contributed by atoms with Crippen LogP contribution in [0, 0.1) is 6.92 Å². The van der Waals surface area contributed by atoms with Gasteiger partial charge in [-0.1, -0.05) is 43.9 Å². The summed E-state index contributed by atoms with van der Waals surface area (Å²) in [5, 5.41) is 3.01. The Morgan fingerprint density at radius 1 is 1.17 bits per heavy atom. The maximum atomic E-state index is 12.3. The minimum absolute atomic E-state index is 0.166. The van der Waals surface area contributed by atoms with E-state index in [9.17, 15) is 13.2 Å². The molecule has 1 amide bonds. The molecule has 2 rings (SSSR count). The molecule has 0 bridgehead atoms. The Hall–Kier alpha value is -1.56. The zero-order valence-electron chi connectivity index (χ0n) is 13.9. The van der Waals surface area contributed by atoms with Gasteiger partial charge in [0, 0.05) is 6.04 Å². The molecule has 1 saturated carbocycles. The number of aryl methyl sites for hydroxylation is 1. The van der Waals surface area contributed by atoms with Crippen molar-refractivity contribution in [3.05, 3.63) is 29.8 Å². The maximum Gasteiger partial charge on any atom is 0.240 e. The highest BCUT2D eigenvalue weighted by Crippen LogP contribution is 2.22. The molecule has 1 aliphatic carbocycles. The molecule has 0 atom stereocenters. The average Bonchev–Trinajstić information content (AvgIpc) is 2.73. The van der Waals surface area contributed by atoms with E-state index in [1.54, 1.807) is 12.1 Å². The van der Waals surface area contributed by atoms with E-state index in [2.05, 4.69) is 5.32 Å². The van der Waals surface area contributed by atoms with E-state index >= 15 is 0 Å². The first-order chi connectivity index (χ1) is 10.9. The first-order valence-electron chi connectivity index (χ1n) is 8.20. The third-order valence-electron chi connectivity index (χ3n) is 4.29. The van der Waals surface area contributed by atoms with Gasteiger partial charge < -0.3 is 5.32 Å². The van der Waals surface area contributed by atoms with Crippen LogP contribution in [0.3, 0.4) is 0 Å². The number of para-hydroxylation sites is 1. The number of hydrogen-bond donors (Lipinski definition) is 1. The van der Waals surface area contributed by atoms with Crippen LogP contribution < -0.4 is 9.62 Å². The lowest BCUT2D eigenvalue weighted by molar-refractivity contribution is -0.120. The number of carbonyl (C=O) groups excluding carboxylic acids is 1. The fourth-order valence-corrected chi connectivity index (χ4v) is 3.97. The van der Waals surface area contributed by atoms with Gasteiger partial charge in [0.2, 0.25) is 15.9 Å². The summed E-state index contributed by atoms with van der Waals surface area (Å²) in [6.45, 7) is 1.68. The molecule has 5 nitrogen and oxygen atoms in total. The summed E-state index contributed by atoms with van der Waals surface area (Å²) in [7, 11) is -3.51. The zero-order chi connectivity index (χ0) is 16.9. The zero-order valence-corrected chi connectivity index (χ0v) is 14.7. The van der Waals surface area contributed by atoms with Gasteiger partial charge in [-0.15, -0.1) is 0 Å². The van der Waals surface area contributed by atoms with E-state index in [-0.39, 0.29) is 18.5 Å². The summed E-state index contributed by atoms with van der Waals surface area (Å²) in [5.74, 6) is -0.231. The van der Waals surface area contributed by atoms with Gasteiger partial charge in [0.1, 0.15) is 6.54 Å². The summed E-state index contributed by atoms with van der Waals surface area (Å²) < 4.78 is 25.4. The quantitative estimate of drug-likeness (QED) is 0.839. The molecule has 0 aromatic heterocycles. The first kappa shape index (κ1) is 17.8. The molecular weight excluding hydrogens is 312 g/mol. The molecule has 1 fully saturated rings. The van der Waals surface area contributed by atoms with Gasteiger partial charge in [-0.25, -0.2) is 8.42 Å². The highest BCUT2D eigenvalue weighted by atomic mass is 32.2. The lowest BCUT2D eigenvalue weighted by Crippen LogP contribution is -2.44. The van der Waals surface area contributed by atoms with Crippen LogP contribution in [0.2, 0.25) is 0 Å². The van der Waals surface area contributed by atoms with Crippen molar-refractivity contribution in [1.29, 1.82) is 0 Å². The number of hydrogen-bond acceptors (Lipinski definition) is 3. The van der Waals surface area contributed by atoms with E-state index in [0.29, 0.717) is 5.69 Å². The maximum absolute atomic E-state index is 12.3.